The van der Waals surface area contributed by atoms with Crippen molar-refractivity contribution in [1.29, 1.82) is 0 Å². The van der Waals surface area contributed by atoms with Gasteiger partial charge in [-0.2, -0.15) is 0 Å². The Morgan fingerprint density at radius 3 is 2.80 bits per heavy atom. The zero-order valence-corrected chi connectivity index (χ0v) is 12.0. The van der Waals surface area contributed by atoms with Crippen LogP contribution in [0.3, 0.4) is 0 Å². The van der Waals surface area contributed by atoms with E-state index in [0.29, 0.717) is 13.1 Å². The van der Waals surface area contributed by atoms with Crippen molar-refractivity contribution in [2.45, 2.75) is 19.4 Å². The van der Waals surface area contributed by atoms with Crippen molar-refractivity contribution in [3.05, 3.63) is 35.9 Å². The van der Waals surface area contributed by atoms with Crippen LogP contribution in [0.2, 0.25) is 0 Å². The van der Waals surface area contributed by atoms with E-state index >= 15 is 0 Å². The van der Waals surface area contributed by atoms with Crippen molar-refractivity contribution in [3.63, 3.8) is 0 Å². The smallest absolute Gasteiger partial charge is 0.226 e. The molecule has 5 nitrogen and oxygen atoms in total. The van der Waals surface area contributed by atoms with Crippen LogP contribution in [0.1, 0.15) is 24.9 Å². The van der Waals surface area contributed by atoms with E-state index in [-0.39, 0.29) is 17.9 Å². The van der Waals surface area contributed by atoms with Crippen LogP contribution < -0.4 is 21.5 Å². The van der Waals surface area contributed by atoms with Gasteiger partial charge in [-0.25, -0.2) is 5.43 Å². The van der Waals surface area contributed by atoms with Crippen molar-refractivity contribution >= 4 is 5.91 Å². The first kappa shape index (κ1) is 15.0. The number of benzene rings is 1. The van der Waals surface area contributed by atoms with Gasteiger partial charge in [0.2, 0.25) is 5.91 Å². The average Bonchev–Trinajstić information content (AvgIpc) is 2.97. The second-order valence-electron chi connectivity index (χ2n) is 5.06. The van der Waals surface area contributed by atoms with Gasteiger partial charge in [0.05, 0.1) is 12.0 Å². The Bertz CT molecular complexity index is 410. The third-order valence-electron chi connectivity index (χ3n) is 3.51. The molecule has 0 aromatic heterocycles. The first-order chi connectivity index (χ1) is 9.83. The van der Waals surface area contributed by atoms with Crippen molar-refractivity contribution in [2.24, 2.45) is 5.92 Å². The lowest BCUT2D eigenvalue weighted by atomic mass is 9.94. The fourth-order valence-corrected chi connectivity index (χ4v) is 2.42. The second-order valence-corrected chi connectivity index (χ2v) is 5.06. The zero-order valence-electron chi connectivity index (χ0n) is 12.0. The van der Waals surface area contributed by atoms with Crippen molar-refractivity contribution < 1.29 is 4.79 Å². The Kier molecular flexibility index (Phi) is 5.98. The number of rotatable bonds is 7. The molecule has 1 aliphatic heterocycles. The SMILES string of the molecule is CCCNCCNC(=O)C1CNNC1c1ccccc1. The minimum atomic E-state index is -0.0661. The molecule has 1 aliphatic rings. The summed E-state index contributed by atoms with van der Waals surface area (Å²) in [6.45, 7) is 5.29. The first-order valence-corrected chi connectivity index (χ1v) is 7.34. The minimum absolute atomic E-state index is 0.0415. The lowest BCUT2D eigenvalue weighted by Gasteiger charge is -2.18. The molecule has 0 saturated carbocycles. The van der Waals surface area contributed by atoms with Gasteiger partial charge in [0.1, 0.15) is 0 Å². The highest BCUT2D eigenvalue weighted by atomic mass is 16.2. The van der Waals surface area contributed by atoms with Crippen LogP contribution in [0.5, 0.6) is 0 Å². The number of hydrazine groups is 1. The molecule has 1 aromatic carbocycles. The van der Waals surface area contributed by atoms with Gasteiger partial charge >= 0.3 is 0 Å². The molecule has 0 radical (unpaired) electrons. The molecule has 0 bridgehead atoms. The van der Waals surface area contributed by atoms with E-state index in [0.717, 1.165) is 25.1 Å². The molecule has 20 heavy (non-hydrogen) atoms. The summed E-state index contributed by atoms with van der Waals surface area (Å²) in [5, 5.41) is 6.28. The van der Waals surface area contributed by atoms with Crippen LogP contribution >= 0.6 is 0 Å². The van der Waals surface area contributed by atoms with Gasteiger partial charge in [-0.15, -0.1) is 0 Å². The lowest BCUT2D eigenvalue weighted by Crippen LogP contribution is -2.38. The maximum atomic E-state index is 12.2. The molecule has 2 rings (SSSR count). The number of carbonyl (C=O) groups is 1. The highest BCUT2D eigenvalue weighted by Crippen LogP contribution is 2.24. The highest BCUT2D eigenvalue weighted by molar-refractivity contribution is 5.80. The lowest BCUT2D eigenvalue weighted by molar-refractivity contribution is -0.124. The fourth-order valence-electron chi connectivity index (χ4n) is 2.42. The number of amides is 1. The minimum Gasteiger partial charge on any atom is -0.354 e. The summed E-state index contributed by atoms with van der Waals surface area (Å²) < 4.78 is 0. The van der Waals surface area contributed by atoms with Crippen LogP contribution in [-0.2, 0) is 4.79 Å². The van der Waals surface area contributed by atoms with Gasteiger partial charge in [-0.05, 0) is 18.5 Å². The molecule has 0 spiro atoms. The number of hydrogen-bond acceptors (Lipinski definition) is 4. The molecule has 1 amide bonds. The van der Waals surface area contributed by atoms with Crippen molar-refractivity contribution in [3.8, 4) is 0 Å². The van der Waals surface area contributed by atoms with Crippen LogP contribution in [-0.4, -0.2) is 32.1 Å². The molecular weight excluding hydrogens is 252 g/mol. The maximum Gasteiger partial charge on any atom is 0.226 e. The van der Waals surface area contributed by atoms with Gasteiger partial charge in [0.15, 0.2) is 0 Å². The van der Waals surface area contributed by atoms with E-state index in [1.165, 1.54) is 0 Å². The van der Waals surface area contributed by atoms with Gasteiger partial charge in [0, 0.05) is 19.6 Å². The van der Waals surface area contributed by atoms with E-state index in [1.54, 1.807) is 0 Å². The Balaban J connectivity index is 1.83. The van der Waals surface area contributed by atoms with Gasteiger partial charge in [-0.3, -0.25) is 10.2 Å². The molecule has 1 heterocycles. The predicted molar refractivity (Wildman–Crippen MR) is 80.0 cm³/mol. The van der Waals surface area contributed by atoms with Crippen molar-refractivity contribution in [2.75, 3.05) is 26.2 Å². The average molecular weight is 276 g/mol. The molecule has 1 aromatic rings. The third kappa shape index (κ3) is 4.03. The maximum absolute atomic E-state index is 12.2. The molecule has 1 fully saturated rings. The van der Waals surface area contributed by atoms with Crippen molar-refractivity contribution in [1.82, 2.24) is 21.5 Å². The number of hydrogen-bond donors (Lipinski definition) is 4. The van der Waals surface area contributed by atoms with Gasteiger partial charge in [-0.1, -0.05) is 37.3 Å². The Labute approximate surface area is 120 Å². The molecule has 2 atom stereocenters. The van der Waals surface area contributed by atoms with Gasteiger partial charge in [0.25, 0.3) is 0 Å². The Morgan fingerprint density at radius 2 is 2.05 bits per heavy atom. The number of carbonyl (C=O) groups excluding carboxylic acids is 1. The molecule has 4 N–H and O–H groups in total. The van der Waals surface area contributed by atoms with E-state index in [4.69, 9.17) is 0 Å². The Morgan fingerprint density at radius 1 is 1.25 bits per heavy atom. The topological polar surface area (TPSA) is 65.2 Å². The molecule has 2 unspecified atom stereocenters. The largest absolute Gasteiger partial charge is 0.354 e. The van der Waals surface area contributed by atoms with Crippen LogP contribution in [0, 0.1) is 5.92 Å². The number of nitrogens with one attached hydrogen (secondary N) is 4. The normalized spacial score (nSPS) is 21.9. The van der Waals surface area contributed by atoms with Crippen LogP contribution in [0.4, 0.5) is 0 Å². The quantitative estimate of drug-likeness (QED) is 0.550. The second kappa shape index (κ2) is 7.99. The summed E-state index contributed by atoms with van der Waals surface area (Å²) in [6.07, 6.45) is 1.11. The fraction of sp³-hybridized carbons (Fsp3) is 0.533. The molecule has 0 aliphatic carbocycles. The highest BCUT2D eigenvalue weighted by Gasteiger charge is 2.33. The summed E-state index contributed by atoms with van der Waals surface area (Å²) in [7, 11) is 0. The predicted octanol–water partition coefficient (Wildman–Crippen LogP) is 0.568. The Hall–Kier alpha value is -1.43. The van der Waals surface area contributed by atoms with Crippen LogP contribution in [0.15, 0.2) is 30.3 Å². The van der Waals surface area contributed by atoms with E-state index in [1.807, 2.05) is 30.3 Å². The summed E-state index contributed by atoms with van der Waals surface area (Å²) in [5.41, 5.74) is 7.41. The van der Waals surface area contributed by atoms with E-state index < -0.39 is 0 Å². The summed E-state index contributed by atoms with van der Waals surface area (Å²) >= 11 is 0. The van der Waals surface area contributed by atoms with E-state index in [2.05, 4.69) is 28.4 Å². The third-order valence-corrected chi connectivity index (χ3v) is 3.51. The van der Waals surface area contributed by atoms with Gasteiger partial charge < -0.3 is 10.6 Å². The van der Waals surface area contributed by atoms with Crippen LogP contribution in [0.25, 0.3) is 0 Å². The monoisotopic (exact) mass is 276 g/mol. The summed E-state index contributed by atoms with van der Waals surface area (Å²) in [6, 6.07) is 10.1. The summed E-state index contributed by atoms with van der Waals surface area (Å²) in [5.74, 6) is 0.0400. The first-order valence-electron chi connectivity index (χ1n) is 7.34. The standard InChI is InChI=1S/C15H24N4O/c1-2-8-16-9-10-17-15(20)13-11-18-19-14(13)12-6-4-3-5-7-12/h3-7,13-14,16,18-19H,2,8-11H2,1H3,(H,17,20). The molecular formula is C15H24N4O. The summed E-state index contributed by atoms with van der Waals surface area (Å²) in [4.78, 5) is 12.2. The molecule has 1 saturated heterocycles. The van der Waals surface area contributed by atoms with E-state index in [9.17, 15) is 4.79 Å². The molecule has 5 heteroatoms. The zero-order chi connectivity index (χ0) is 14.2. The molecule has 110 valence electrons.